The molecule has 5 heteroatoms. The number of hydrogen-bond donors (Lipinski definition) is 2. The molecule has 23 heavy (non-hydrogen) atoms. The number of hydrogen-bond acceptors (Lipinski definition) is 3. The summed E-state index contributed by atoms with van der Waals surface area (Å²) in [5, 5.41) is 10.9. The molecule has 3 rings (SSSR count). The molecule has 1 saturated heterocycles. The third-order valence-electron chi connectivity index (χ3n) is 5.77. The highest BCUT2D eigenvalue weighted by Crippen LogP contribution is 2.31. The van der Waals surface area contributed by atoms with Crippen LogP contribution >= 0.6 is 0 Å². The lowest BCUT2D eigenvalue weighted by molar-refractivity contribution is -0.125. The van der Waals surface area contributed by atoms with E-state index >= 15 is 0 Å². The molecule has 1 amide bonds. The van der Waals surface area contributed by atoms with E-state index in [1.165, 1.54) is 18.4 Å². The van der Waals surface area contributed by atoms with E-state index in [4.69, 9.17) is 0 Å². The largest absolute Gasteiger partial charge is 0.353 e. The smallest absolute Gasteiger partial charge is 0.225 e. The van der Waals surface area contributed by atoms with Crippen LogP contribution in [-0.2, 0) is 11.8 Å². The van der Waals surface area contributed by atoms with E-state index in [0.29, 0.717) is 6.04 Å². The van der Waals surface area contributed by atoms with Gasteiger partial charge in [-0.3, -0.25) is 9.48 Å². The minimum Gasteiger partial charge on any atom is -0.353 e. The van der Waals surface area contributed by atoms with E-state index in [1.54, 1.807) is 0 Å². The second kappa shape index (κ2) is 7.04. The van der Waals surface area contributed by atoms with Crippen molar-refractivity contribution in [1.29, 1.82) is 0 Å². The third-order valence-corrected chi connectivity index (χ3v) is 5.77. The van der Waals surface area contributed by atoms with Crippen LogP contribution in [0.2, 0.25) is 0 Å². The standard InChI is InChI=1S/C18H30N4O/c1-12(2)13-4-6-15(7-5-13)21-18(23)17-10-19-9-16(17)14-8-20-22(3)11-14/h8,11-13,15-17,19H,4-7,9-10H2,1-3H3,(H,21,23)/t13?,15?,16-,17+/m1/s1. The Bertz CT molecular complexity index is 531. The number of carbonyl (C=O) groups excluding carboxylic acids is 1. The first-order valence-electron chi connectivity index (χ1n) is 9.04. The zero-order chi connectivity index (χ0) is 16.4. The first-order chi connectivity index (χ1) is 11.0. The molecule has 128 valence electrons. The van der Waals surface area contributed by atoms with E-state index < -0.39 is 0 Å². The molecule has 2 N–H and O–H groups in total. The summed E-state index contributed by atoms with van der Waals surface area (Å²) >= 11 is 0. The molecule has 1 aromatic rings. The molecule has 0 aromatic carbocycles. The maximum atomic E-state index is 12.7. The Kier molecular flexibility index (Phi) is 5.05. The van der Waals surface area contributed by atoms with Gasteiger partial charge >= 0.3 is 0 Å². The Morgan fingerprint density at radius 2 is 2.04 bits per heavy atom. The molecule has 2 fully saturated rings. The number of amides is 1. The SMILES string of the molecule is CC(C)C1CCC(NC(=O)[C@H]2CNC[C@@H]2c2cnn(C)c2)CC1. The Hall–Kier alpha value is -1.36. The quantitative estimate of drug-likeness (QED) is 0.893. The molecule has 1 aromatic heterocycles. The molecule has 1 aliphatic carbocycles. The number of aromatic nitrogens is 2. The van der Waals surface area contributed by atoms with Crippen molar-refractivity contribution in [3.63, 3.8) is 0 Å². The lowest BCUT2D eigenvalue weighted by Crippen LogP contribution is -2.43. The van der Waals surface area contributed by atoms with Crippen molar-refractivity contribution in [2.45, 2.75) is 51.5 Å². The van der Waals surface area contributed by atoms with E-state index in [-0.39, 0.29) is 17.7 Å². The summed E-state index contributed by atoms with van der Waals surface area (Å²) < 4.78 is 1.82. The first kappa shape index (κ1) is 16.5. The van der Waals surface area contributed by atoms with Crippen molar-refractivity contribution >= 4 is 5.91 Å². The van der Waals surface area contributed by atoms with Crippen molar-refractivity contribution in [2.24, 2.45) is 24.8 Å². The molecule has 5 nitrogen and oxygen atoms in total. The zero-order valence-electron chi connectivity index (χ0n) is 14.6. The van der Waals surface area contributed by atoms with E-state index in [2.05, 4.69) is 29.6 Å². The highest BCUT2D eigenvalue weighted by molar-refractivity contribution is 5.80. The Morgan fingerprint density at radius 1 is 1.30 bits per heavy atom. The highest BCUT2D eigenvalue weighted by atomic mass is 16.2. The molecule has 0 spiro atoms. The van der Waals surface area contributed by atoms with Gasteiger partial charge in [-0.2, -0.15) is 5.10 Å². The van der Waals surface area contributed by atoms with Crippen LogP contribution < -0.4 is 10.6 Å². The maximum absolute atomic E-state index is 12.7. The van der Waals surface area contributed by atoms with Crippen molar-refractivity contribution in [3.05, 3.63) is 18.0 Å². The Balaban J connectivity index is 1.56. The van der Waals surface area contributed by atoms with Gasteiger partial charge in [0, 0.05) is 38.3 Å². The molecule has 2 aliphatic rings. The van der Waals surface area contributed by atoms with Crippen LogP contribution in [0, 0.1) is 17.8 Å². The fourth-order valence-electron chi connectivity index (χ4n) is 4.17. The van der Waals surface area contributed by atoms with Crippen LogP contribution in [-0.4, -0.2) is 34.8 Å². The molecular formula is C18H30N4O. The number of aryl methyl sites for hydroxylation is 1. The van der Waals surface area contributed by atoms with Gasteiger partial charge in [0.15, 0.2) is 0 Å². The number of nitrogens with one attached hydrogen (secondary N) is 2. The maximum Gasteiger partial charge on any atom is 0.225 e. The van der Waals surface area contributed by atoms with Crippen LogP contribution in [0.25, 0.3) is 0 Å². The highest BCUT2D eigenvalue weighted by Gasteiger charge is 2.36. The molecule has 2 heterocycles. The van der Waals surface area contributed by atoms with Crippen molar-refractivity contribution in [2.75, 3.05) is 13.1 Å². The summed E-state index contributed by atoms with van der Waals surface area (Å²) in [6, 6.07) is 0.368. The second-order valence-corrected chi connectivity index (χ2v) is 7.68. The Labute approximate surface area is 139 Å². The lowest BCUT2D eigenvalue weighted by Gasteiger charge is -2.32. The fourth-order valence-corrected chi connectivity index (χ4v) is 4.17. The van der Waals surface area contributed by atoms with Gasteiger partial charge < -0.3 is 10.6 Å². The monoisotopic (exact) mass is 318 g/mol. The lowest BCUT2D eigenvalue weighted by atomic mass is 9.79. The molecule has 1 aliphatic heterocycles. The molecule has 2 atom stereocenters. The van der Waals surface area contributed by atoms with Crippen LogP contribution in [0.5, 0.6) is 0 Å². The summed E-state index contributed by atoms with van der Waals surface area (Å²) in [6.07, 6.45) is 8.69. The summed E-state index contributed by atoms with van der Waals surface area (Å²) in [4.78, 5) is 12.7. The van der Waals surface area contributed by atoms with Crippen molar-refractivity contribution < 1.29 is 4.79 Å². The van der Waals surface area contributed by atoms with Crippen LogP contribution in [0.15, 0.2) is 12.4 Å². The van der Waals surface area contributed by atoms with Gasteiger partial charge in [-0.25, -0.2) is 0 Å². The summed E-state index contributed by atoms with van der Waals surface area (Å²) in [7, 11) is 1.92. The summed E-state index contributed by atoms with van der Waals surface area (Å²) in [6.45, 7) is 6.26. The number of nitrogens with zero attached hydrogens (tertiary/aromatic N) is 2. The fraction of sp³-hybridized carbons (Fsp3) is 0.778. The zero-order valence-corrected chi connectivity index (χ0v) is 14.6. The summed E-state index contributed by atoms with van der Waals surface area (Å²) in [5.74, 6) is 2.09. The van der Waals surface area contributed by atoms with E-state index in [0.717, 1.165) is 37.8 Å². The third kappa shape index (κ3) is 3.77. The molecule has 1 saturated carbocycles. The minimum absolute atomic E-state index is 0.0297. The Morgan fingerprint density at radius 3 is 2.65 bits per heavy atom. The minimum atomic E-state index is 0.0297. The van der Waals surface area contributed by atoms with Crippen molar-refractivity contribution in [1.82, 2.24) is 20.4 Å². The molecular weight excluding hydrogens is 288 g/mol. The average molecular weight is 318 g/mol. The van der Waals surface area contributed by atoms with Gasteiger partial charge in [-0.05, 0) is 43.1 Å². The molecule has 0 bridgehead atoms. The van der Waals surface area contributed by atoms with Crippen molar-refractivity contribution in [3.8, 4) is 0 Å². The van der Waals surface area contributed by atoms with Crippen LogP contribution in [0.4, 0.5) is 0 Å². The van der Waals surface area contributed by atoms with Gasteiger partial charge in [0.2, 0.25) is 5.91 Å². The van der Waals surface area contributed by atoms with Gasteiger partial charge in [0.05, 0.1) is 12.1 Å². The van der Waals surface area contributed by atoms with E-state index in [9.17, 15) is 4.79 Å². The average Bonchev–Trinajstić information content (AvgIpc) is 3.16. The number of carbonyl (C=O) groups is 1. The normalized spacial score (nSPS) is 31.5. The number of rotatable bonds is 4. The van der Waals surface area contributed by atoms with E-state index in [1.807, 2.05) is 24.1 Å². The van der Waals surface area contributed by atoms with Gasteiger partial charge in [-0.15, -0.1) is 0 Å². The van der Waals surface area contributed by atoms with Gasteiger partial charge in [0.1, 0.15) is 0 Å². The van der Waals surface area contributed by atoms with Gasteiger partial charge in [0.25, 0.3) is 0 Å². The van der Waals surface area contributed by atoms with Crippen LogP contribution in [0.1, 0.15) is 51.0 Å². The topological polar surface area (TPSA) is 59.0 Å². The molecule has 0 radical (unpaired) electrons. The van der Waals surface area contributed by atoms with Crippen LogP contribution in [0.3, 0.4) is 0 Å². The predicted octanol–water partition coefficient (Wildman–Crippen LogP) is 2.05. The predicted molar refractivity (Wildman–Crippen MR) is 91.0 cm³/mol. The second-order valence-electron chi connectivity index (χ2n) is 7.68. The molecule has 0 unspecified atom stereocenters. The first-order valence-corrected chi connectivity index (χ1v) is 9.04. The summed E-state index contributed by atoms with van der Waals surface area (Å²) in [5.41, 5.74) is 1.17. The van der Waals surface area contributed by atoms with Gasteiger partial charge in [-0.1, -0.05) is 13.8 Å².